The van der Waals surface area contributed by atoms with Gasteiger partial charge in [0, 0.05) is 27.1 Å². The van der Waals surface area contributed by atoms with Gasteiger partial charge in [-0.15, -0.1) is 0 Å². The average Bonchev–Trinajstić information content (AvgIpc) is 2.30. The van der Waals surface area contributed by atoms with Crippen molar-refractivity contribution in [2.45, 2.75) is 6.42 Å². The van der Waals surface area contributed by atoms with Crippen LogP contribution in [0.3, 0.4) is 0 Å². The van der Waals surface area contributed by atoms with Gasteiger partial charge in [0.25, 0.3) is 5.56 Å². The first kappa shape index (κ1) is 12.8. The van der Waals surface area contributed by atoms with Gasteiger partial charge in [-0.3, -0.25) is 19.1 Å². The van der Waals surface area contributed by atoms with Gasteiger partial charge < -0.3 is 16.4 Å². The van der Waals surface area contributed by atoms with Crippen LogP contribution in [0.4, 0.5) is 11.5 Å². The second kappa shape index (κ2) is 5.19. The molecule has 0 aliphatic carbocycles. The number of anilines is 2. The number of nitrogens with two attached hydrogens (primary N) is 1. The van der Waals surface area contributed by atoms with Crippen LogP contribution in [-0.2, 0) is 11.8 Å². The van der Waals surface area contributed by atoms with Crippen molar-refractivity contribution in [2.24, 2.45) is 7.05 Å². The molecule has 8 heteroatoms. The number of nitrogens with one attached hydrogen (secondary N) is 3. The minimum Gasteiger partial charge on any atom is -0.383 e. The Labute approximate surface area is 96.8 Å². The Kier molecular flexibility index (Phi) is 3.91. The third-order valence-corrected chi connectivity index (χ3v) is 2.30. The van der Waals surface area contributed by atoms with E-state index in [-0.39, 0.29) is 30.4 Å². The molecule has 0 atom stereocenters. The predicted octanol–water partition coefficient (Wildman–Crippen LogP) is -1.80. The van der Waals surface area contributed by atoms with E-state index < -0.39 is 11.2 Å². The molecule has 1 amide bonds. The maximum Gasteiger partial charge on any atom is 0.329 e. The normalized spacial score (nSPS) is 10.0. The summed E-state index contributed by atoms with van der Waals surface area (Å²) in [5, 5.41) is 5.17. The van der Waals surface area contributed by atoms with Gasteiger partial charge in [0.1, 0.15) is 11.5 Å². The van der Waals surface area contributed by atoms with Gasteiger partial charge in [-0.25, -0.2) is 4.79 Å². The molecule has 0 saturated carbocycles. The van der Waals surface area contributed by atoms with Crippen molar-refractivity contribution in [1.82, 2.24) is 14.9 Å². The molecule has 94 valence electrons. The van der Waals surface area contributed by atoms with Crippen LogP contribution >= 0.6 is 0 Å². The van der Waals surface area contributed by atoms with Crippen molar-refractivity contribution in [1.29, 1.82) is 0 Å². The Morgan fingerprint density at radius 1 is 1.47 bits per heavy atom. The number of rotatable bonds is 4. The van der Waals surface area contributed by atoms with Crippen molar-refractivity contribution >= 4 is 17.4 Å². The number of amides is 1. The van der Waals surface area contributed by atoms with E-state index in [1.807, 2.05) is 0 Å². The van der Waals surface area contributed by atoms with Gasteiger partial charge in [-0.1, -0.05) is 0 Å². The number of hydrogen-bond acceptors (Lipinski definition) is 5. The van der Waals surface area contributed by atoms with Crippen molar-refractivity contribution in [3.63, 3.8) is 0 Å². The molecule has 0 aliphatic rings. The monoisotopic (exact) mass is 241 g/mol. The van der Waals surface area contributed by atoms with E-state index in [9.17, 15) is 14.4 Å². The van der Waals surface area contributed by atoms with E-state index >= 15 is 0 Å². The molecule has 1 heterocycles. The average molecular weight is 241 g/mol. The number of H-pyrrole nitrogens is 1. The zero-order valence-corrected chi connectivity index (χ0v) is 9.66. The van der Waals surface area contributed by atoms with Crippen molar-refractivity contribution in [3.8, 4) is 0 Å². The molecule has 0 fully saturated rings. The fourth-order valence-corrected chi connectivity index (χ4v) is 1.23. The van der Waals surface area contributed by atoms with Crippen LogP contribution in [0.25, 0.3) is 0 Å². The number of aromatic amines is 1. The molecule has 1 aromatic heterocycles. The van der Waals surface area contributed by atoms with Gasteiger partial charge >= 0.3 is 5.69 Å². The van der Waals surface area contributed by atoms with Crippen LogP contribution in [0.15, 0.2) is 9.59 Å². The third-order valence-electron chi connectivity index (χ3n) is 2.30. The summed E-state index contributed by atoms with van der Waals surface area (Å²) in [7, 11) is 2.97. The Hall–Kier alpha value is -2.25. The molecule has 0 aromatic carbocycles. The van der Waals surface area contributed by atoms with Gasteiger partial charge in [-0.2, -0.15) is 0 Å². The summed E-state index contributed by atoms with van der Waals surface area (Å²) in [6.07, 6.45) is 0.207. The van der Waals surface area contributed by atoms with Crippen LogP contribution in [0.1, 0.15) is 6.42 Å². The standard InChI is InChI=1S/C9H15N5O3/c1-11-5(15)3-4-12-6-7(10)14(2)9(17)13-8(6)16/h12H,3-4,10H2,1-2H3,(H,11,15)(H,13,16,17). The lowest BCUT2D eigenvalue weighted by atomic mass is 10.3. The highest BCUT2D eigenvalue weighted by Gasteiger charge is 2.09. The minimum atomic E-state index is -0.595. The molecule has 8 nitrogen and oxygen atoms in total. The van der Waals surface area contributed by atoms with E-state index in [0.29, 0.717) is 0 Å². The van der Waals surface area contributed by atoms with E-state index in [0.717, 1.165) is 4.57 Å². The molecule has 0 spiro atoms. The topological polar surface area (TPSA) is 122 Å². The van der Waals surface area contributed by atoms with E-state index in [2.05, 4.69) is 15.6 Å². The molecule has 0 aliphatic heterocycles. The molecule has 0 unspecified atom stereocenters. The summed E-state index contributed by atoms with van der Waals surface area (Å²) >= 11 is 0. The van der Waals surface area contributed by atoms with Crippen molar-refractivity contribution in [2.75, 3.05) is 24.6 Å². The largest absolute Gasteiger partial charge is 0.383 e. The van der Waals surface area contributed by atoms with Crippen LogP contribution in [0.2, 0.25) is 0 Å². The Balaban J connectivity index is 2.86. The highest BCUT2D eigenvalue weighted by Crippen LogP contribution is 2.07. The predicted molar refractivity (Wildman–Crippen MR) is 63.9 cm³/mol. The zero-order valence-electron chi connectivity index (χ0n) is 9.66. The Morgan fingerprint density at radius 3 is 2.71 bits per heavy atom. The maximum atomic E-state index is 11.4. The number of carbonyl (C=O) groups is 1. The molecular formula is C9H15N5O3. The fraction of sp³-hybridized carbons (Fsp3) is 0.444. The third kappa shape index (κ3) is 2.86. The first-order chi connectivity index (χ1) is 7.97. The van der Waals surface area contributed by atoms with Gasteiger partial charge in [0.2, 0.25) is 5.91 Å². The molecular weight excluding hydrogens is 226 g/mol. The molecule has 0 bridgehead atoms. The zero-order chi connectivity index (χ0) is 13.0. The first-order valence-corrected chi connectivity index (χ1v) is 5.00. The smallest absolute Gasteiger partial charge is 0.329 e. The number of hydrogen-bond donors (Lipinski definition) is 4. The van der Waals surface area contributed by atoms with Crippen molar-refractivity contribution in [3.05, 3.63) is 20.8 Å². The molecule has 5 N–H and O–H groups in total. The molecule has 0 saturated heterocycles. The highest BCUT2D eigenvalue weighted by molar-refractivity contribution is 5.76. The summed E-state index contributed by atoms with van der Waals surface area (Å²) in [6.45, 7) is 0.255. The quantitative estimate of drug-likeness (QED) is 0.495. The fourth-order valence-electron chi connectivity index (χ4n) is 1.23. The van der Waals surface area contributed by atoms with Crippen LogP contribution < -0.4 is 27.6 Å². The summed E-state index contributed by atoms with van der Waals surface area (Å²) in [6, 6.07) is 0. The number of carbonyl (C=O) groups excluding carboxylic acids is 1. The van der Waals surface area contributed by atoms with Gasteiger partial charge in [0.05, 0.1) is 0 Å². The van der Waals surface area contributed by atoms with Gasteiger partial charge in [-0.05, 0) is 0 Å². The lowest BCUT2D eigenvalue weighted by Gasteiger charge is -2.10. The van der Waals surface area contributed by atoms with E-state index in [1.54, 1.807) is 0 Å². The molecule has 1 aromatic rings. The van der Waals surface area contributed by atoms with Crippen LogP contribution in [-0.4, -0.2) is 29.1 Å². The summed E-state index contributed by atoms with van der Waals surface area (Å²) in [4.78, 5) is 35.7. The van der Waals surface area contributed by atoms with Gasteiger partial charge in [0.15, 0.2) is 0 Å². The summed E-state index contributed by atoms with van der Waals surface area (Å²) in [5.74, 6) is -0.118. The second-order valence-electron chi connectivity index (χ2n) is 3.43. The first-order valence-electron chi connectivity index (χ1n) is 5.00. The molecule has 17 heavy (non-hydrogen) atoms. The number of nitrogen functional groups attached to an aromatic ring is 1. The lowest BCUT2D eigenvalue weighted by molar-refractivity contribution is -0.120. The highest BCUT2D eigenvalue weighted by atomic mass is 16.2. The Morgan fingerprint density at radius 2 is 2.12 bits per heavy atom. The minimum absolute atomic E-state index is 0.0376. The van der Waals surface area contributed by atoms with E-state index in [4.69, 9.17) is 5.73 Å². The lowest BCUT2D eigenvalue weighted by Crippen LogP contribution is -2.33. The maximum absolute atomic E-state index is 11.4. The second-order valence-corrected chi connectivity index (χ2v) is 3.43. The van der Waals surface area contributed by atoms with Crippen LogP contribution in [0.5, 0.6) is 0 Å². The SMILES string of the molecule is CNC(=O)CCNc1c(N)n(C)c(=O)[nH]c1=O. The van der Waals surface area contributed by atoms with Crippen molar-refractivity contribution < 1.29 is 4.79 Å². The molecule has 1 rings (SSSR count). The van der Waals surface area contributed by atoms with Crippen LogP contribution in [0, 0.1) is 0 Å². The summed E-state index contributed by atoms with van der Waals surface area (Å²) in [5.41, 5.74) is 4.53. The Bertz CT molecular complexity index is 530. The number of aromatic nitrogens is 2. The van der Waals surface area contributed by atoms with E-state index in [1.165, 1.54) is 14.1 Å². The summed E-state index contributed by atoms with van der Waals surface area (Å²) < 4.78 is 1.11. The molecule has 0 radical (unpaired) electrons. The number of nitrogens with zero attached hydrogens (tertiary/aromatic N) is 1.